The van der Waals surface area contributed by atoms with Crippen molar-refractivity contribution in [3.63, 3.8) is 0 Å². The molecule has 0 aliphatic heterocycles. The normalized spacial score (nSPS) is 13.8. The van der Waals surface area contributed by atoms with Crippen molar-refractivity contribution in [1.82, 2.24) is 24.3 Å². The number of hydrogen-bond acceptors (Lipinski definition) is 5. The number of nitrogens with two attached hydrogens (primary N) is 1. The molecule has 25 heavy (non-hydrogen) atoms. The third-order valence-electron chi connectivity index (χ3n) is 4.39. The van der Waals surface area contributed by atoms with Gasteiger partial charge in [0.25, 0.3) is 0 Å². The second-order valence-electron chi connectivity index (χ2n) is 6.25. The molecule has 0 radical (unpaired) electrons. The Hall–Kier alpha value is -2.48. The third kappa shape index (κ3) is 3.34. The number of amides is 1. The van der Waals surface area contributed by atoms with Crippen LogP contribution in [0.2, 0.25) is 0 Å². The number of carbonyl (C=O) groups is 1. The molecular weight excluding hydrogens is 336 g/mol. The molecule has 2 N–H and O–H groups in total. The van der Waals surface area contributed by atoms with E-state index >= 15 is 0 Å². The highest BCUT2D eigenvalue weighted by atomic mass is 32.1. The molecule has 0 unspecified atom stereocenters. The molecule has 0 fully saturated rings. The van der Waals surface area contributed by atoms with Crippen LogP contribution in [0.5, 0.6) is 0 Å². The fourth-order valence-electron chi connectivity index (χ4n) is 3.13. The van der Waals surface area contributed by atoms with Crippen molar-refractivity contribution in [3.8, 4) is 16.5 Å². The first kappa shape index (κ1) is 16.0. The van der Waals surface area contributed by atoms with Gasteiger partial charge in [0.2, 0.25) is 5.91 Å². The summed E-state index contributed by atoms with van der Waals surface area (Å²) in [7, 11) is 0. The van der Waals surface area contributed by atoms with Crippen molar-refractivity contribution in [1.29, 1.82) is 0 Å². The number of imidazole rings is 1. The van der Waals surface area contributed by atoms with Gasteiger partial charge in [-0.3, -0.25) is 14.0 Å². The smallest absolute Gasteiger partial charge is 0.217 e. The van der Waals surface area contributed by atoms with Crippen LogP contribution >= 0.6 is 11.3 Å². The molecule has 7 nitrogen and oxygen atoms in total. The number of thiazole rings is 1. The summed E-state index contributed by atoms with van der Waals surface area (Å²) in [5.74, 6) is 0.577. The number of aromatic nitrogens is 5. The topological polar surface area (TPSA) is 91.6 Å². The third-order valence-corrected chi connectivity index (χ3v) is 5.54. The van der Waals surface area contributed by atoms with E-state index in [0.717, 1.165) is 29.4 Å². The van der Waals surface area contributed by atoms with E-state index in [-0.39, 0.29) is 5.91 Å². The molecule has 3 aromatic heterocycles. The molecule has 0 atom stereocenters. The van der Waals surface area contributed by atoms with Gasteiger partial charge in [-0.1, -0.05) is 0 Å². The Morgan fingerprint density at radius 2 is 2.20 bits per heavy atom. The van der Waals surface area contributed by atoms with E-state index in [1.54, 1.807) is 17.5 Å². The van der Waals surface area contributed by atoms with Crippen LogP contribution in [0.3, 0.4) is 0 Å². The average Bonchev–Trinajstić information content (AvgIpc) is 3.32. The Balaban J connectivity index is 1.56. The van der Waals surface area contributed by atoms with Gasteiger partial charge in [-0.15, -0.1) is 11.3 Å². The molecule has 1 aliphatic rings. The van der Waals surface area contributed by atoms with E-state index < -0.39 is 0 Å². The Kier molecular flexibility index (Phi) is 4.35. The highest BCUT2D eigenvalue weighted by Gasteiger charge is 2.19. The van der Waals surface area contributed by atoms with Gasteiger partial charge in [0.15, 0.2) is 10.8 Å². The van der Waals surface area contributed by atoms with Crippen LogP contribution in [-0.4, -0.2) is 30.2 Å². The molecule has 1 aliphatic carbocycles. The molecule has 3 heterocycles. The first-order chi connectivity index (χ1) is 12.2. The zero-order valence-corrected chi connectivity index (χ0v) is 14.7. The standard InChI is InChI=1S/C17H20N6OS/c18-15(24)6-3-8-22-11-12(10-20-22)23-9-7-19-16(23)17-21-13-4-1-2-5-14(13)25-17/h7,9-11H,1-6,8H2,(H2,18,24). The summed E-state index contributed by atoms with van der Waals surface area (Å²) in [6.45, 7) is 0.665. The first-order valence-corrected chi connectivity index (χ1v) is 9.36. The van der Waals surface area contributed by atoms with Gasteiger partial charge in [-0.25, -0.2) is 9.97 Å². The zero-order chi connectivity index (χ0) is 17.2. The minimum absolute atomic E-state index is 0.281. The van der Waals surface area contributed by atoms with Crippen molar-refractivity contribution >= 4 is 17.2 Å². The molecule has 0 bridgehead atoms. The molecule has 8 heteroatoms. The summed E-state index contributed by atoms with van der Waals surface area (Å²) >= 11 is 1.75. The summed E-state index contributed by atoms with van der Waals surface area (Å²) in [5.41, 5.74) is 7.36. The van der Waals surface area contributed by atoms with Crippen molar-refractivity contribution in [2.45, 2.75) is 45.1 Å². The summed E-state index contributed by atoms with van der Waals surface area (Å²) in [6.07, 6.45) is 13.2. The monoisotopic (exact) mass is 356 g/mol. The highest BCUT2D eigenvalue weighted by molar-refractivity contribution is 7.15. The lowest BCUT2D eigenvalue weighted by atomic mass is 10.0. The number of nitrogens with zero attached hydrogens (tertiary/aromatic N) is 5. The fourth-order valence-corrected chi connectivity index (χ4v) is 4.28. The second-order valence-corrected chi connectivity index (χ2v) is 7.33. The van der Waals surface area contributed by atoms with E-state index in [1.807, 2.05) is 27.8 Å². The predicted octanol–water partition coefficient (Wildman–Crippen LogP) is 2.34. The summed E-state index contributed by atoms with van der Waals surface area (Å²) in [5, 5.41) is 5.34. The maximum Gasteiger partial charge on any atom is 0.217 e. The summed E-state index contributed by atoms with van der Waals surface area (Å²) in [6, 6.07) is 0. The summed E-state index contributed by atoms with van der Waals surface area (Å²) < 4.78 is 3.84. The SMILES string of the molecule is NC(=O)CCCn1cc(-n2ccnc2-c2nc3c(s2)CCCC3)cn1. The number of rotatable bonds is 6. The van der Waals surface area contributed by atoms with Crippen LogP contribution in [0, 0.1) is 0 Å². The van der Waals surface area contributed by atoms with Crippen LogP contribution in [-0.2, 0) is 24.2 Å². The molecule has 0 spiro atoms. The summed E-state index contributed by atoms with van der Waals surface area (Å²) in [4.78, 5) is 21.6. The molecular formula is C17H20N6OS. The van der Waals surface area contributed by atoms with E-state index in [2.05, 4.69) is 10.1 Å². The number of hydrogen-bond donors (Lipinski definition) is 1. The maximum absolute atomic E-state index is 10.8. The predicted molar refractivity (Wildman–Crippen MR) is 95.5 cm³/mol. The Bertz CT molecular complexity index is 869. The average molecular weight is 356 g/mol. The van der Waals surface area contributed by atoms with Gasteiger partial charge in [0.05, 0.1) is 17.6 Å². The van der Waals surface area contributed by atoms with Crippen molar-refractivity contribution in [3.05, 3.63) is 35.4 Å². The van der Waals surface area contributed by atoms with Crippen molar-refractivity contribution in [2.24, 2.45) is 5.73 Å². The molecule has 0 saturated heterocycles. The Morgan fingerprint density at radius 3 is 3.04 bits per heavy atom. The van der Waals surface area contributed by atoms with Gasteiger partial charge < -0.3 is 5.73 Å². The van der Waals surface area contributed by atoms with E-state index in [4.69, 9.17) is 10.7 Å². The lowest BCUT2D eigenvalue weighted by Crippen LogP contribution is -2.11. The number of fused-ring (bicyclic) bond motifs is 1. The lowest BCUT2D eigenvalue weighted by Gasteiger charge is -2.06. The maximum atomic E-state index is 10.8. The second kappa shape index (κ2) is 6.79. The van der Waals surface area contributed by atoms with Crippen LogP contribution in [0.4, 0.5) is 0 Å². The van der Waals surface area contributed by atoms with Crippen LogP contribution < -0.4 is 5.73 Å². The molecule has 1 amide bonds. The number of primary amides is 1. The zero-order valence-electron chi connectivity index (χ0n) is 13.9. The molecule has 130 valence electrons. The molecule has 0 saturated carbocycles. The Labute approximate surface area is 149 Å². The highest BCUT2D eigenvalue weighted by Crippen LogP contribution is 2.32. The van der Waals surface area contributed by atoms with Gasteiger partial charge in [-0.05, 0) is 32.1 Å². The molecule has 4 rings (SSSR count). The quantitative estimate of drug-likeness (QED) is 0.734. The van der Waals surface area contributed by atoms with Crippen molar-refractivity contribution in [2.75, 3.05) is 0 Å². The molecule has 0 aromatic carbocycles. The minimum Gasteiger partial charge on any atom is -0.370 e. The van der Waals surface area contributed by atoms with Gasteiger partial charge in [0, 0.05) is 36.4 Å². The fraction of sp³-hybridized carbons (Fsp3) is 0.412. The van der Waals surface area contributed by atoms with Crippen LogP contribution in [0.25, 0.3) is 16.5 Å². The Morgan fingerprint density at radius 1 is 1.32 bits per heavy atom. The van der Waals surface area contributed by atoms with Crippen molar-refractivity contribution < 1.29 is 4.79 Å². The first-order valence-electron chi connectivity index (χ1n) is 8.54. The van der Waals surface area contributed by atoms with E-state index in [1.165, 1.54) is 23.4 Å². The van der Waals surface area contributed by atoms with E-state index in [0.29, 0.717) is 19.4 Å². The lowest BCUT2D eigenvalue weighted by molar-refractivity contribution is -0.118. The van der Waals surface area contributed by atoms with E-state index in [9.17, 15) is 4.79 Å². The number of aryl methyl sites for hydroxylation is 3. The van der Waals surface area contributed by atoms with Gasteiger partial charge in [-0.2, -0.15) is 5.10 Å². The molecule has 3 aromatic rings. The number of carbonyl (C=O) groups excluding carboxylic acids is 1. The van der Waals surface area contributed by atoms with Crippen LogP contribution in [0.1, 0.15) is 36.3 Å². The van der Waals surface area contributed by atoms with Gasteiger partial charge in [0.1, 0.15) is 0 Å². The van der Waals surface area contributed by atoms with Crippen LogP contribution in [0.15, 0.2) is 24.8 Å². The minimum atomic E-state index is -0.281. The van der Waals surface area contributed by atoms with Gasteiger partial charge >= 0.3 is 0 Å². The largest absolute Gasteiger partial charge is 0.370 e.